The fourth-order valence-corrected chi connectivity index (χ4v) is 1.60. The molecule has 114 valence electrons. The number of ether oxygens (including phenoxy) is 2. The first kappa shape index (κ1) is 18.5. The number of anilines is 1. The second-order valence-electron chi connectivity index (χ2n) is 4.36. The van der Waals surface area contributed by atoms with E-state index in [1.807, 2.05) is 13.8 Å². The summed E-state index contributed by atoms with van der Waals surface area (Å²) in [5.74, 6) is 1.22. The summed E-state index contributed by atoms with van der Waals surface area (Å²) in [6, 6.07) is 5.34. The van der Waals surface area contributed by atoms with Crippen LogP contribution in [0.3, 0.4) is 0 Å². The number of nitrogens with two attached hydrogens (primary N) is 1. The van der Waals surface area contributed by atoms with Gasteiger partial charge in [0.15, 0.2) is 11.5 Å². The summed E-state index contributed by atoms with van der Waals surface area (Å²) in [6.45, 7) is 4.35. The van der Waals surface area contributed by atoms with Crippen molar-refractivity contribution in [3.63, 3.8) is 0 Å². The van der Waals surface area contributed by atoms with Crippen molar-refractivity contribution in [2.75, 3.05) is 19.0 Å². The molecule has 1 aromatic rings. The zero-order valence-electron chi connectivity index (χ0n) is 12.1. The Morgan fingerprint density at radius 3 is 2.65 bits per heavy atom. The third kappa shape index (κ3) is 6.12. The van der Waals surface area contributed by atoms with E-state index in [9.17, 15) is 4.79 Å². The molecule has 1 rings (SSSR count). The molecule has 1 aromatic carbocycles. The molecular weight excluding hydrogens is 280 g/mol. The first-order valence-electron chi connectivity index (χ1n) is 6.43. The summed E-state index contributed by atoms with van der Waals surface area (Å²) in [4.78, 5) is 11.7. The van der Waals surface area contributed by atoms with Crippen LogP contribution in [0.15, 0.2) is 18.2 Å². The van der Waals surface area contributed by atoms with E-state index in [0.29, 0.717) is 36.6 Å². The van der Waals surface area contributed by atoms with Crippen LogP contribution in [0, 0.1) is 0 Å². The lowest BCUT2D eigenvalue weighted by atomic mass is 10.2. The molecule has 1 unspecified atom stereocenters. The molecule has 0 saturated carbocycles. The topological polar surface area (TPSA) is 73.6 Å². The Hall–Kier alpha value is -1.46. The number of hydrogen-bond acceptors (Lipinski definition) is 4. The van der Waals surface area contributed by atoms with E-state index in [1.165, 1.54) is 0 Å². The lowest BCUT2D eigenvalue weighted by molar-refractivity contribution is -0.116. The lowest BCUT2D eigenvalue weighted by Gasteiger charge is -2.12. The number of carbonyl (C=O) groups excluding carboxylic acids is 1. The van der Waals surface area contributed by atoms with Gasteiger partial charge >= 0.3 is 0 Å². The molecule has 0 heterocycles. The van der Waals surface area contributed by atoms with Crippen LogP contribution < -0.4 is 20.5 Å². The van der Waals surface area contributed by atoms with E-state index in [4.69, 9.17) is 15.2 Å². The summed E-state index contributed by atoms with van der Waals surface area (Å²) in [7, 11) is 1.57. The summed E-state index contributed by atoms with van der Waals surface area (Å²) in [5, 5.41) is 2.81. The number of benzene rings is 1. The normalized spacial score (nSPS) is 11.2. The number of hydrogen-bond donors (Lipinski definition) is 2. The van der Waals surface area contributed by atoms with Gasteiger partial charge in [0.05, 0.1) is 13.7 Å². The van der Waals surface area contributed by atoms with E-state index in [2.05, 4.69) is 5.32 Å². The monoisotopic (exact) mass is 302 g/mol. The van der Waals surface area contributed by atoms with Crippen molar-refractivity contribution in [1.82, 2.24) is 0 Å². The highest BCUT2D eigenvalue weighted by atomic mass is 35.5. The second-order valence-corrected chi connectivity index (χ2v) is 4.36. The highest BCUT2D eigenvalue weighted by molar-refractivity contribution is 5.91. The number of amides is 1. The number of rotatable bonds is 7. The Balaban J connectivity index is 0.00000361. The van der Waals surface area contributed by atoms with Gasteiger partial charge in [-0.2, -0.15) is 0 Å². The van der Waals surface area contributed by atoms with Crippen LogP contribution in [0.2, 0.25) is 0 Å². The molecular formula is C14H23ClN2O3. The van der Waals surface area contributed by atoms with E-state index in [0.717, 1.165) is 0 Å². The molecule has 0 aromatic heterocycles. The van der Waals surface area contributed by atoms with Crippen LogP contribution in [-0.4, -0.2) is 25.7 Å². The van der Waals surface area contributed by atoms with E-state index in [1.54, 1.807) is 25.3 Å². The summed E-state index contributed by atoms with van der Waals surface area (Å²) in [5.41, 5.74) is 6.31. The van der Waals surface area contributed by atoms with Gasteiger partial charge in [0, 0.05) is 24.2 Å². The number of methoxy groups -OCH3 is 1. The van der Waals surface area contributed by atoms with E-state index in [-0.39, 0.29) is 24.4 Å². The van der Waals surface area contributed by atoms with Crippen molar-refractivity contribution in [2.45, 2.75) is 32.7 Å². The van der Waals surface area contributed by atoms with Gasteiger partial charge in [-0.1, -0.05) is 0 Å². The molecule has 0 radical (unpaired) electrons. The average molecular weight is 303 g/mol. The van der Waals surface area contributed by atoms with E-state index < -0.39 is 0 Å². The standard InChI is InChI=1S/C14H22N2O3.ClH/c1-4-19-12-7-6-11(9-13(12)18-3)16-14(17)8-5-10(2)15;/h6-7,9-10H,4-5,8,15H2,1-3H3,(H,16,17);1H. The molecule has 0 saturated heterocycles. The SMILES string of the molecule is CCOc1ccc(NC(=O)CCC(C)N)cc1OC.Cl. The molecule has 0 spiro atoms. The van der Waals surface area contributed by atoms with Crippen molar-refractivity contribution >= 4 is 24.0 Å². The second kappa shape index (κ2) is 9.44. The lowest BCUT2D eigenvalue weighted by Crippen LogP contribution is -2.19. The average Bonchev–Trinajstić information content (AvgIpc) is 2.38. The van der Waals surface area contributed by atoms with Gasteiger partial charge in [-0.3, -0.25) is 4.79 Å². The van der Waals surface area contributed by atoms with Crippen LogP contribution in [-0.2, 0) is 4.79 Å². The number of carbonyl (C=O) groups is 1. The van der Waals surface area contributed by atoms with Gasteiger partial charge in [0.2, 0.25) is 5.91 Å². The summed E-state index contributed by atoms with van der Waals surface area (Å²) in [6.07, 6.45) is 1.08. The fraction of sp³-hybridized carbons (Fsp3) is 0.500. The third-order valence-corrected chi connectivity index (χ3v) is 2.57. The van der Waals surface area contributed by atoms with E-state index >= 15 is 0 Å². The van der Waals surface area contributed by atoms with Crippen LogP contribution in [0.5, 0.6) is 11.5 Å². The van der Waals surface area contributed by atoms with Gasteiger partial charge in [0.25, 0.3) is 0 Å². The molecule has 0 aliphatic heterocycles. The van der Waals surface area contributed by atoms with Gasteiger partial charge in [-0.25, -0.2) is 0 Å². The summed E-state index contributed by atoms with van der Waals surface area (Å²) < 4.78 is 10.6. The minimum absolute atomic E-state index is 0. The first-order valence-corrected chi connectivity index (χ1v) is 6.43. The highest BCUT2D eigenvalue weighted by Crippen LogP contribution is 2.30. The molecule has 20 heavy (non-hydrogen) atoms. The minimum Gasteiger partial charge on any atom is -0.493 e. The Bertz CT molecular complexity index is 425. The van der Waals surface area contributed by atoms with Gasteiger partial charge in [0.1, 0.15) is 0 Å². The Morgan fingerprint density at radius 2 is 2.10 bits per heavy atom. The first-order chi connectivity index (χ1) is 9.06. The van der Waals surface area contributed by atoms with Crippen LogP contribution in [0.4, 0.5) is 5.69 Å². The predicted molar refractivity (Wildman–Crippen MR) is 82.9 cm³/mol. The summed E-state index contributed by atoms with van der Waals surface area (Å²) >= 11 is 0. The fourth-order valence-electron chi connectivity index (χ4n) is 1.60. The quantitative estimate of drug-likeness (QED) is 0.812. The van der Waals surface area contributed by atoms with Gasteiger partial charge in [-0.05, 0) is 32.4 Å². The van der Waals surface area contributed by atoms with Crippen molar-refractivity contribution < 1.29 is 14.3 Å². The molecule has 1 atom stereocenters. The predicted octanol–water partition coefficient (Wildman–Crippen LogP) is 2.58. The Kier molecular flexibility index (Phi) is 8.76. The number of halogens is 1. The smallest absolute Gasteiger partial charge is 0.224 e. The molecule has 1 amide bonds. The molecule has 5 nitrogen and oxygen atoms in total. The van der Waals surface area contributed by atoms with Crippen molar-refractivity contribution in [2.24, 2.45) is 5.73 Å². The largest absolute Gasteiger partial charge is 0.493 e. The van der Waals surface area contributed by atoms with Crippen LogP contribution in [0.1, 0.15) is 26.7 Å². The molecule has 0 bridgehead atoms. The highest BCUT2D eigenvalue weighted by Gasteiger charge is 2.08. The number of nitrogens with one attached hydrogen (secondary N) is 1. The van der Waals surface area contributed by atoms with Crippen molar-refractivity contribution in [3.05, 3.63) is 18.2 Å². The molecule has 0 aliphatic carbocycles. The maximum atomic E-state index is 11.7. The molecule has 6 heteroatoms. The maximum absolute atomic E-state index is 11.7. The molecule has 0 fully saturated rings. The molecule has 0 aliphatic rings. The third-order valence-electron chi connectivity index (χ3n) is 2.57. The van der Waals surface area contributed by atoms with Crippen molar-refractivity contribution in [3.8, 4) is 11.5 Å². The Labute approximate surface area is 126 Å². The Morgan fingerprint density at radius 1 is 1.40 bits per heavy atom. The zero-order chi connectivity index (χ0) is 14.3. The van der Waals surface area contributed by atoms with Crippen molar-refractivity contribution in [1.29, 1.82) is 0 Å². The maximum Gasteiger partial charge on any atom is 0.224 e. The van der Waals surface area contributed by atoms with Crippen LogP contribution >= 0.6 is 12.4 Å². The van der Waals surface area contributed by atoms with Crippen LogP contribution in [0.25, 0.3) is 0 Å². The van der Waals surface area contributed by atoms with Gasteiger partial charge in [-0.15, -0.1) is 12.4 Å². The zero-order valence-corrected chi connectivity index (χ0v) is 13.0. The minimum atomic E-state index is -0.0523. The van der Waals surface area contributed by atoms with Gasteiger partial charge < -0.3 is 20.5 Å². The molecule has 3 N–H and O–H groups in total.